The fourth-order valence-corrected chi connectivity index (χ4v) is 2.93. The van der Waals surface area contributed by atoms with Crippen LogP contribution in [-0.2, 0) is 27.6 Å². The van der Waals surface area contributed by atoms with Gasteiger partial charge in [0.05, 0.1) is 8.24 Å². The van der Waals surface area contributed by atoms with E-state index >= 15 is 0 Å². The summed E-state index contributed by atoms with van der Waals surface area (Å²) in [4.78, 5) is 0. The molecule has 84 valence electrons. The molecule has 0 atom stereocenters. The Morgan fingerprint density at radius 1 is 1.13 bits per heavy atom. The van der Waals surface area contributed by atoms with Crippen molar-refractivity contribution < 1.29 is 21.1 Å². The molecule has 1 aromatic rings. The van der Waals surface area contributed by atoms with Crippen molar-refractivity contribution in [3.05, 3.63) is 42.4 Å². The predicted octanol–water partition coefficient (Wildman–Crippen LogP) is 3.50. The monoisotopic (exact) mass is 390 g/mol. The molecule has 1 aromatic carbocycles. The minimum absolute atomic E-state index is 0. The smallest absolute Gasteiger partial charge is 0.0896 e. The summed E-state index contributed by atoms with van der Waals surface area (Å²) in [7, 11) is -1.19. The Hall–Kier alpha value is 0.0852. The summed E-state index contributed by atoms with van der Waals surface area (Å²) in [6.45, 7) is 12.5. The summed E-state index contributed by atoms with van der Waals surface area (Å²) in [5.74, 6) is 0. The number of hydrogen-bond acceptors (Lipinski definition) is 1. The molecule has 0 aromatic heterocycles. The number of rotatable bonds is 4. The molecule has 0 bridgehead atoms. The van der Waals surface area contributed by atoms with Gasteiger partial charge in [-0.3, -0.25) is 6.54 Å². The SMILES string of the molecule is C[CH-]N(Cc1ccccc1)[Si](C)(C)C.[W]. The average Bonchev–Trinajstić information content (AvgIpc) is 2.14. The second-order valence-corrected chi connectivity index (χ2v) is 9.46. The van der Waals surface area contributed by atoms with E-state index in [1.165, 1.54) is 5.56 Å². The van der Waals surface area contributed by atoms with Crippen LogP contribution in [0.25, 0.3) is 0 Å². The Morgan fingerprint density at radius 2 is 1.67 bits per heavy atom. The zero-order valence-electron chi connectivity index (χ0n) is 10.0. The van der Waals surface area contributed by atoms with Crippen molar-refractivity contribution in [1.29, 1.82) is 0 Å². The molecular formula is C12H20NSiW-. The first kappa shape index (κ1) is 15.1. The van der Waals surface area contributed by atoms with Gasteiger partial charge in [-0.1, -0.05) is 50.0 Å². The molecule has 0 heterocycles. The van der Waals surface area contributed by atoms with Gasteiger partial charge in [-0.25, -0.2) is 0 Å². The second kappa shape index (κ2) is 6.62. The summed E-state index contributed by atoms with van der Waals surface area (Å²) < 4.78 is 2.49. The van der Waals surface area contributed by atoms with Crippen LogP contribution in [0.2, 0.25) is 19.6 Å². The molecule has 0 spiro atoms. The van der Waals surface area contributed by atoms with E-state index in [0.717, 1.165) is 6.54 Å². The van der Waals surface area contributed by atoms with Crippen LogP contribution in [0.15, 0.2) is 30.3 Å². The first-order chi connectivity index (χ1) is 6.54. The van der Waals surface area contributed by atoms with E-state index in [1.807, 2.05) is 0 Å². The van der Waals surface area contributed by atoms with Gasteiger partial charge in [-0.15, -0.1) is 0 Å². The van der Waals surface area contributed by atoms with Gasteiger partial charge in [0.25, 0.3) is 0 Å². The van der Waals surface area contributed by atoms with Gasteiger partial charge in [-0.2, -0.15) is 6.92 Å². The van der Waals surface area contributed by atoms with E-state index < -0.39 is 8.24 Å². The van der Waals surface area contributed by atoms with Crippen molar-refractivity contribution in [3.63, 3.8) is 0 Å². The quantitative estimate of drug-likeness (QED) is 0.562. The van der Waals surface area contributed by atoms with Crippen LogP contribution >= 0.6 is 0 Å². The maximum absolute atomic E-state index is 2.49. The zero-order valence-corrected chi connectivity index (χ0v) is 14.0. The van der Waals surface area contributed by atoms with Crippen molar-refractivity contribution in [2.45, 2.75) is 33.1 Å². The van der Waals surface area contributed by atoms with Crippen LogP contribution < -0.4 is 0 Å². The third-order valence-corrected chi connectivity index (χ3v) is 4.51. The molecule has 0 aliphatic rings. The molecule has 0 fully saturated rings. The minimum Gasteiger partial charge on any atom is -0.475 e. The number of nitrogens with zero attached hydrogens (tertiary/aromatic N) is 1. The van der Waals surface area contributed by atoms with Crippen molar-refractivity contribution >= 4 is 8.24 Å². The van der Waals surface area contributed by atoms with Crippen LogP contribution in [0, 0.1) is 6.54 Å². The van der Waals surface area contributed by atoms with E-state index in [0.29, 0.717) is 0 Å². The standard InChI is InChI=1S/C12H20NSi.W/c1-5-13(14(2,3)4)11-12-9-7-6-8-10-12;/h5-10H,11H2,1-4H3;/q-1;. The van der Waals surface area contributed by atoms with Gasteiger partial charge < -0.3 is 4.57 Å². The summed E-state index contributed by atoms with van der Waals surface area (Å²) >= 11 is 0. The molecule has 3 heteroatoms. The van der Waals surface area contributed by atoms with E-state index in [4.69, 9.17) is 0 Å². The molecule has 15 heavy (non-hydrogen) atoms. The number of hydrogen-bond donors (Lipinski definition) is 0. The first-order valence-corrected chi connectivity index (χ1v) is 8.59. The van der Waals surface area contributed by atoms with Crippen LogP contribution in [0.4, 0.5) is 0 Å². The van der Waals surface area contributed by atoms with Crippen molar-refractivity contribution in [3.8, 4) is 0 Å². The van der Waals surface area contributed by atoms with Gasteiger partial charge in [0.15, 0.2) is 0 Å². The zero-order chi connectivity index (χ0) is 10.6. The normalized spacial score (nSPS) is 11.3. The van der Waals surface area contributed by atoms with Gasteiger partial charge in [0.2, 0.25) is 0 Å². The van der Waals surface area contributed by atoms with Gasteiger partial charge in [-0.05, 0) is 12.1 Å². The van der Waals surface area contributed by atoms with Crippen LogP contribution in [0.3, 0.4) is 0 Å². The van der Waals surface area contributed by atoms with Crippen LogP contribution in [0.1, 0.15) is 12.5 Å². The average molecular weight is 390 g/mol. The van der Waals surface area contributed by atoms with Gasteiger partial charge in [0, 0.05) is 21.1 Å². The molecule has 0 amide bonds. The first-order valence-electron chi connectivity index (χ1n) is 5.14. The van der Waals surface area contributed by atoms with Crippen molar-refractivity contribution in [1.82, 2.24) is 4.57 Å². The molecule has 0 unspecified atom stereocenters. The summed E-state index contributed by atoms with van der Waals surface area (Å²) in [6, 6.07) is 10.7. The molecule has 1 rings (SSSR count). The Kier molecular flexibility index (Phi) is 6.66. The molecular weight excluding hydrogens is 370 g/mol. The van der Waals surface area contributed by atoms with Crippen LogP contribution in [0.5, 0.6) is 0 Å². The van der Waals surface area contributed by atoms with E-state index in [1.54, 1.807) is 0 Å². The number of benzene rings is 1. The Bertz CT molecular complexity index is 269. The largest absolute Gasteiger partial charge is 0.475 e. The molecule has 1 nitrogen and oxygen atoms in total. The van der Waals surface area contributed by atoms with E-state index in [2.05, 4.69) is 68.0 Å². The van der Waals surface area contributed by atoms with Crippen LogP contribution in [-0.4, -0.2) is 12.8 Å². The van der Waals surface area contributed by atoms with Crippen molar-refractivity contribution in [2.24, 2.45) is 0 Å². The Labute approximate surface area is 109 Å². The third-order valence-electron chi connectivity index (χ3n) is 2.37. The Balaban J connectivity index is 0.00000196. The summed E-state index contributed by atoms with van der Waals surface area (Å²) in [6.07, 6.45) is 0. The predicted molar refractivity (Wildman–Crippen MR) is 65.3 cm³/mol. The molecule has 0 aliphatic heterocycles. The maximum atomic E-state index is 2.49. The third kappa shape index (κ3) is 5.10. The fraction of sp³-hybridized carbons (Fsp3) is 0.417. The van der Waals surface area contributed by atoms with Crippen molar-refractivity contribution in [2.75, 3.05) is 0 Å². The topological polar surface area (TPSA) is 3.24 Å². The Morgan fingerprint density at radius 3 is 2.07 bits per heavy atom. The second-order valence-electron chi connectivity index (χ2n) is 4.54. The van der Waals surface area contributed by atoms with Gasteiger partial charge >= 0.3 is 0 Å². The summed E-state index contributed by atoms with van der Waals surface area (Å²) in [5.41, 5.74) is 1.40. The fourth-order valence-electron chi connectivity index (χ4n) is 1.50. The van der Waals surface area contributed by atoms with E-state index in [9.17, 15) is 0 Å². The maximum Gasteiger partial charge on any atom is 0.0896 e. The van der Waals surface area contributed by atoms with Gasteiger partial charge in [0.1, 0.15) is 0 Å². The molecule has 0 saturated carbocycles. The minimum atomic E-state index is -1.19. The summed E-state index contributed by atoms with van der Waals surface area (Å²) in [5, 5.41) is 0. The van der Waals surface area contributed by atoms with E-state index in [-0.39, 0.29) is 21.1 Å². The molecule has 0 saturated heterocycles. The molecule has 0 N–H and O–H groups in total. The molecule has 0 aliphatic carbocycles. The molecule has 0 radical (unpaired) electrons.